The van der Waals surface area contributed by atoms with Gasteiger partial charge in [0.05, 0.1) is 11.1 Å². The van der Waals surface area contributed by atoms with Crippen LogP contribution >= 0.6 is 0 Å². The number of aryl methyl sites for hydroxylation is 1. The number of aromatic nitrogens is 1. The van der Waals surface area contributed by atoms with E-state index in [1.54, 1.807) is 0 Å². The zero-order chi connectivity index (χ0) is 16.7. The molecule has 0 saturated carbocycles. The Hall–Kier alpha value is -2.88. The zero-order valence-corrected chi connectivity index (χ0v) is 13.7. The maximum Gasteiger partial charge on any atom is 0.235 e. The third kappa shape index (κ3) is 2.31. The van der Waals surface area contributed by atoms with Crippen LogP contribution < -0.4 is 5.32 Å². The molecule has 1 atom stereocenters. The van der Waals surface area contributed by atoms with Crippen molar-refractivity contribution in [2.24, 2.45) is 0 Å². The summed E-state index contributed by atoms with van der Waals surface area (Å²) in [7, 11) is 0. The molecule has 0 fully saturated rings. The van der Waals surface area contributed by atoms with Gasteiger partial charge in [0.2, 0.25) is 5.91 Å². The number of anilines is 1. The fourth-order valence-corrected chi connectivity index (χ4v) is 3.34. The maximum atomic E-state index is 12.6. The van der Waals surface area contributed by atoms with Crippen LogP contribution in [0.1, 0.15) is 23.9 Å². The number of carbonyl (C=O) groups is 1. The van der Waals surface area contributed by atoms with Crippen LogP contribution in [0.3, 0.4) is 0 Å². The molecule has 0 spiro atoms. The number of nitrogens with zero attached hydrogens (tertiary/aromatic N) is 1. The van der Waals surface area contributed by atoms with Gasteiger partial charge in [-0.25, -0.2) is 0 Å². The number of amides is 1. The van der Waals surface area contributed by atoms with Crippen molar-refractivity contribution in [3.05, 3.63) is 71.6 Å². The van der Waals surface area contributed by atoms with Crippen molar-refractivity contribution >= 4 is 11.6 Å². The molecule has 24 heavy (non-hydrogen) atoms. The van der Waals surface area contributed by atoms with Gasteiger partial charge in [-0.2, -0.15) is 0 Å². The number of nitrogens with one attached hydrogen (secondary N) is 1. The fourth-order valence-electron chi connectivity index (χ4n) is 3.34. The molecule has 1 aliphatic heterocycles. The molecular formula is C20H18N2O2. The van der Waals surface area contributed by atoms with Crippen molar-refractivity contribution in [1.29, 1.82) is 0 Å². The first-order valence-electron chi connectivity index (χ1n) is 8.00. The standard InChI is InChI=1S/C20H18N2O2/c1-13-10-16(22-24-13)12-20(2)17-11-15(14-6-4-3-5-7-14)8-9-18(17)21-19(20)23/h3-11H,12H2,1-2H3,(H,21,23). The summed E-state index contributed by atoms with van der Waals surface area (Å²) in [6.45, 7) is 3.82. The largest absolute Gasteiger partial charge is 0.361 e. The first-order chi connectivity index (χ1) is 11.6. The van der Waals surface area contributed by atoms with Crippen molar-refractivity contribution in [3.8, 4) is 11.1 Å². The summed E-state index contributed by atoms with van der Waals surface area (Å²) >= 11 is 0. The molecule has 4 nitrogen and oxygen atoms in total. The zero-order valence-electron chi connectivity index (χ0n) is 13.7. The van der Waals surface area contributed by atoms with Crippen LogP contribution in [0.15, 0.2) is 59.1 Å². The predicted molar refractivity (Wildman–Crippen MR) is 92.8 cm³/mol. The van der Waals surface area contributed by atoms with E-state index in [0.717, 1.165) is 33.8 Å². The van der Waals surface area contributed by atoms with Crippen LogP contribution in [0.2, 0.25) is 0 Å². The lowest BCUT2D eigenvalue weighted by Gasteiger charge is -2.21. The van der Waals surface area contributed by atoms with Gasteiger partial charge in [-0.15, -0.1) is 0 Å². The maximum absolute atomic E-state index is 12.6. The Bertz CT molecular complexity index is 914. The van der Waals surface area contributed by atoms with Gasteiger partial charge in [-0.3, -0.25) is 4.79 Å². The van der Waals surface area contributed by atoms with Gasteiger partial charge in [-0.1, -0.05) is 41.6 Å². The molecule has 1 unspecified atom stereocenters. The predicted octanol–water partition coefficient (Wildman–Crippen LogP) is 4.10. The second-order valence-corrected chi connectivity index (χ2v) is 6.52. The van der Waals surface area contributed by atoms with Crippen molar-refractivity contribution < 1.29 is 9.32 Å². The molecule has 4 rings (SSSR count). The van der Waals surface area contributed by atoms with Crippen molar-refractivity contribution in [1.82, 2.24) is 5.16 Å². The number of benzene rings is 2. The van der Waals surface area contributed by atoms with Crippen LogP contribution in [0.5, 0.6) is 0 Å². The van der Waals surface area contributed by atoms with E-state index >= 15 is 0 Å². The van der Waals surface area contributed by atoms with Crippen molar-refractivity contribution in [2.45, 2.75) is 25.7 Å². The molecular weight excluding hydrogens is 300 g/mol. The van der Waals surface area contributed by atoms with Gasteiger partial charge in [0.25, 0.3) is 0 Å². The smallest absolute Gasteiger partial charge is 0.235 e. The first-order valence-corrected chi connectivity index (χ1v) is 8.00. The normalized spacial score (nSPS) is 19.2. The minimum absolute atomic E-state index is 0.00312. The lowest BCUT2D eigenvalue weighted by atomic mass is 9.79. The van der Waals surface area contributed by atoms with Crippen LogP contribution in [-0.4, -0.2) is 11.1 Å². The van der Waals surface area contributed by atoms with E-state index in [2.05, 4.69) is 28.7 Å². The second-order valence-electron chi connectivity index (χ2n) is 6.52. The van der Waals surface area contributed by atoms with Crippen molar-refractivity contribution in [2.75, 3.05) is 5.32 Å². The van der Waals surface area contributed by atoms with Gasteiger partial charge in [-0.05, 0) is 42.7 Å². The van der Waals surface area contributed by atoms with Crippen LogP contribution in [0, 0.1) is 6.92 Å². The summed E-state index contributed by atoms with van der Waals surface area (Å²) in [6, 6.07) is 18.2. The van der Waals surface area contributed by atoms with Gasteiger partial charge in [0.15, 0.2) is 0 Å². The average Bonchev–Trinajstić information content (AvgIpc) is 3.10. The Morgan fingerprint density at radius 1 is 1.08 bits per heavy atom. The molecule has 3 aromatic rings. The van der Waals surface area contributed by atoms with Crippen LogP contribution in [0.25, 0.3) is 11.1 Å². The van der Waals surface area contributed by atoms with Gasteiger partial charge < -0.3 is 9.84 Å². The highest BCUT2D eigenvalue weighted by Crippen LogP contribution is 2.41. The van der Waals surface area contributed by atoms with Crippen molar-refractivity contribution in [3.63, 3.8) is 0 Å². The van der Waals surface area contributed by atoms with Gasteiger partial charge in [0, 0.05) is 18.2 Å². The summed E-state index contributed by atoms with van der Waals surface area (Å²) in [5.74, 6) is 0.758. The Morgan fingerprint density at radius 3 is 2.58 bits per heavy atom. The van der Waals surface area contributed by atoms with Gasteiger partial charge >= 0.3 is 0 Å². The number of hydrogen-bond acceptors (Lipinski definition) is 3. The highest BCUT2D eigenvalue weighted by Gasteiger charge is 2.43. The summed E-state index contributed by atoms with van der Waals surface area (Å²) in [4.78, 5) is 12.6. The Morgan fingerprint density at radius 2 is 1.88 bits per heavy atom. The minimum atomic E-state index is -0.649. The quantitative estimate of drug-likeness (QED) is 0.791. The Kier molecular flexibility index (Phi) is 3.27. The molecule has 1 amide bonds. The Balaban J connectivity index is 1.77. The Labute approximate surface area is 140 Å². The molecule has 1 aliphatic rings. The van der Waals surface area contributed by atoms with E-state index in [9.17, 15) is 4.79 Å². The molecule has 120 valence electrons. The summed E-state index contributed by atoms with van der Waals surface area (Å²) in [6.07, 6.45) is 0.515. The molecule has 2 heterocycles. The summed E-state index contributed by atoms with van der Waals surface area (Å²) in [5, 5.41) is 7.05. The first kappa shape index (κ1) is 14.7. The number of rotatable bonds is 3. The number of fused-ring (bicyclic) bond motifs is 1. The summed E-state index contributed by atoms with van der Waals surface area (Å²) < 4.78 is 5.15. The van der Waals surface area contributed by atoms with Crippen LogP contribution in [0.4, 0.5) is 5.69 Å². The second kappa shape index (κ2) is 5.34. The molecule has 0 bridgehead atoms. The topological polar surface area (TPSA) is 55.1 Å². The average molecular weight is 318 g/mol. The highest BCUT2D eigenvalue weighted by molar-refractivity contribution is 6.06. The molecule has 0 aliphatic carbocycles. The molecule has 0 radical (unpaired) electrons. The van der Waals surface area contributed by atoms with E-state index < -0.39 is 5.41 Å². The number of carbonyl (C=O) groups excluding carboxylic acids is 1. The van der Waals surface area contributed by atoms with E-state index in [4.69, 9.17) is 4.52 Å². The monoisotopic (exact) mass is 318 g/mol. The molecule has 1 N–H and O–H groups in total. The molecule has 4 heteroatoms. The highest BCUT2D eigenvalue weighted by atomic mass is 16.5. The lowest BCUT2D eigenvalue weighted by molar-refractivity contribution is -0.120. The molecule has 1 aromatic heterocycles. The SMILES string of the molecule is Cc1cc(CC2(C)C(=O)Nc3ccc(-c4ccccc4)cc32)no1. The van der Waals surface area contributed by atoms with E-state index in [-0.39, 0.29) is 5.91 Å². The van der Waals surface area contributed by atoms with E-state index in [1.165, 1.54) is 0 Å². The van der Waals surface area contributed by atoms with E-state index in [0.29, 0.717) is 6.42 Å². The van der Waals surface area contributed by atoms with E-state index in [1.807, 2.05) is 50.2 Å². The lowest BCUT2D eigenvalue weighted by Crippen LogP contribution is -2.33. The third-order valence-electron chi connectivity index (χ3n) is 4.68. The van der Waals surface area contributed by atoms with Gasteiger partial charge in [0.1, 0.15) is 5.76 Å². The van der Waals surface area contributed by atoms with Crippen LogP contribution in [-0.2, 0) is 16.6 Å². The number of hydrogen-bond donors (Lipinski definition) is 1. The molecule has 2 aromatic carbocycles. The minimum Gasteiger partial charge on any atom is -0.361 e. The fraction of sp³-hybridized carbons (Fsp3) is 0.200. The summed E-state index contributed by atoms with van der Waals surface area (Å²) in [5.41, 5.74) is 4.27. The third-order valence-corrected chi connectivity index (χ3v) is 4.68. The molecule has 0 saturated heterocycles.